The second kappa shape index (κ2) is 10.0. The van der Waals surface area contributed by atoms with E-state index in [0.717, 1.165) is 28.8 Å². The predicted octanol–water partition coefficient (Wildman–Crippen LogP) is 4.02. The van der Waals surface area contributed by atoms with Crippen LogP contribution in [0.3, 0.4) is 0 Å². The summed E-state index contributed by atoms with van der Waals surface area (Å²) in [5, 5.41) is 8.70. The van der Waals surface area contributed by atoms with E-state index in [2.05, 4.69) is 40.4 Å². The summed E-state index contributed by atoms with van der Waals surface area (Å²) in [6.07, 6.45) is 2.08. The number of guanidine groups is 1. The zero-order chi connectivity index (χ0) is 17.7. The SMILES string of the molecule is CN=C(NCc1ccc(Cl)cc1)N(C)Cc1cn(C)nc1C(C)C.I. The van der Waals surface area contributed by atoms with Crippen LogP contribution >= 0.6 is 35.6 Å². The lowest BCUT2D eigenvalue weighted by atomic mass is 10.1. The molecule has 0 aliphatic heterocycles. The lowest BCUT2D eigenvalue weighted by Crippen LogP contribution is -2.38. The van der Waals surface area contributed by atoms with Gasteiger partial charge in [0.05, 0.1) is 5.69 Å². The monoisotopic (exact) mass is 475 g/mol. The molecule has 1 aromatic heterocycles. The maximum absolute atomic E-state index is 5.92. The quantitative estimate of drug-likeness (QED) is 0.404. The molecular formula is C18H27ClIN5. The molecule has 0 bridgehead atoms. The van der Waals surface area contributed by atoms with Crippen LogP contribution in [-0.4, -0.2) is 34.7 Å². The first-order valence-electron chi connectivity index (χ1n) is 8.09. The van der Waals surface area contributed by atoms with E-state index in [0.29, 0.717) is 12.5 Å². The molecule has 1 N–H and O–H groups in total. The normalized spacial score (nSPS) is 11.4. The Morgan fingerprint density at radius 1 is 1.32 bits per heavy atom. The second-order valence-corrected chi connectivity index (χ2v) is 6.69. The van der Waals surface area contributed by atoms with E-state index in [4.69, 9.17) is 11.6 Å². The number of benzene rings is 1. The van der Waals surface area contributed by atoms with Gasteiger partial charge < -0.3 is 10.2 Å². The van der Waals surface area contributed by atoms with Crippen LogP contribution in [0.2, 0.25) is 5.02 Å². The van der Waals surface area contributed by atoms with Gasteiger partial charge in [0.25, 0.3) is 0 Å². The maximum Gasteiger partial charge on any atom is 0.193 e. The van der Waals surface area contributed by atoms with Crippen molar-refractivity contribution in [3.8, 4) is 0 Å². The summed E-state index contributed by atoms with van der Waals surface area (Å²) in [7, 11) is 5.80. The maximum atomic E-state index is 5.92. The molecule has 5 nitrogen and oxygen atoms in total. The summed E-state index contributed by atoms with van der Waals surface area (Å²) in [6.45, 7) is 5.80. The molecule has 1 heterocycles. The molecule has 0 aliphatic carbocycles. The van der Waals surface area contributed by atoms with E-state index in [-0.39, 0.29) is 24.0 Å². The predicted molar refractivity (Wildman–Crippen MR) is 116 cm³/mol. The van der Waals surface area contributed by atoms with Crippen molar-refractivity contribution in [2.45, 2.75) is 32.9 Å². The van der Waals surface area contributed by atoms with Crippen molar-refractivity contribution >= 4 is 41.5 Å². The van der Waals surface area contributed by atoms with Crippen LogP contribution in [0.4, 0.5) is 0 Å². The molecule has 0 fully saturated rings. The average Bonchev–Trinajstić information content (AvgIpc) is 2.90. The molecule has 138 valence electrons. The number of hydrogen-bond acceptors (Lipinski definition) is 2. The standard InChI is InChI=1S/C18H26ClN5.HI/c1-13(2)17-15(12-24(5)22-17)11-23(4)18(20-3)21-10-14-6-8-16(19)9-7-14;/h6-9,12-13H,10-11H2,1-5H3,(H,20,21);1H. The molecule has 7 heteroatoms. The minimum absolute atomic E-state index is 0. The van der Waals surface area contributed by atoms with Crippen molar-refractivity contribution in [2.75, 3.05) is 14.1 Å². The Morgan fingerprint density at radius 3 is 2.52 bits per heavy atom. The van der Waals surface area contributed by atoms with E-state index in [9.17, 15) is 0 Å². The number of nitrogens with zero attached hydrogens (tertiary/aromatic N) is 4. The number of nitrogens with one attached hydrogen (secondary N) is 1. The van der Waals surface area contributed by atoms with E-state index in [1.54, 1.807) is 7.05 Å². The first-order chi connectivity index (χ1) is 11.4. The summed E-state index contributed by atoms with van der Waals surface area (Å²) in [5.74, 6) is 1.25. The Labute approximate surface area is 172 Å². The van der Waals surface area contributed by atoms with Gasteiger partial charge >= 0.3 is 0 Å². The van der Waals surface area contributed by atoms with Gasteiger partial charge in [0.2, 0.25) is 0 Å². The van der Waals surface area contributed by atoms with Gasteiger partial charge in [-0.1, -0.05) is 37.6 Å². The first kappa shape index (κ1) is 21.8. The largest absolute Gasteiger partial charge is 0.352 e. The van der Waals surface area contributed by atoms with E-state index in [1.165, 1.54) is 5.56 Å². The van der Waals surface area contributed by atoms with Gasteiger partial charge in [-0.15, -0.1) is 24.0 Å². The Balaban J connectivity index is 0.00000312. The number of aliphatic imine (C=N–C) groups is 1. The first-order valence-corrected chi connectivity index (χ1v) is 8.47. The van der Waals surface area contributed by atoms with Crippen LogP contribution < -0.4 is 5.32 Å². The van der Waals surface area contributed by atoms with Crippen molar-refractivity contribution in [1.82, 2.24) is 20.0 Å². The van der Waals surface area contributed by atoms with E-state index < -0.39 is 0 Å². The third-order valence-electron chi connectivity index (χ3n) is 3.83. The Bertz CT molecular complexity index is 694. The van der Waals surface area contributed by atoms with E-state index in [1.807, 2.05) is 43.0 Å². The molecule has 2 rings (SSSR count). The fourth-order valence-corrected chi connectivity index (χ4v) is 2.79. The van der Waals surface area contributed by atoms with Gasteiger partial charge in [0, 0.05) is 51.0 Å². The Morgan fingerprint density at radius 2 is 1.96 bits per heavy atom. The molecule has 1 aromatic carbocycles. The van der Waals surface area contributed by atoms with Gasteiger partial charge in [-0.25, -0.2) is 0 Å². The van der Waals surface area contributed by atoms with Crippen LogP contribution in [0.25, 0.3) is 0 Å². The fourth-order valence-electron chi connectivity index (χ4n) is 2.66. The summed E-state index contributed by atoms with van der Waals surface area (Å²) < 4.78 is 1.88. The van der Waals surface area contributed by atoms with Crippen molar-refractivity contribution in [2.24, 2.45) is 12.0 Å². The van der Waals surface area contributed by atoms with Crippen LogP contribution in [0, 0.1) is 0 Å². The van der Waals surface area contributed by atoms with Crippen molar-refractivity contribution < 1.29 is 0 Å². The molecule has 0 amide bonds. The Kier molecular flexibility index (Phi) is 8.71. The summed E-state index contributed by atoms with van der Waals surface area (Å²) in [4.78, 5) is 6.49. The van der Waals surface area contributed by atoms with Crippen molar-refractivity contribution in [1.29, 1.82) is 0 Å². The van der Waals surface area contributed by atoms with Crippen molar-refractivity contribution in [3.05, 3.63) is 52.3 Å². The summed E-state index contributed by atoms with van der Waals surface area (Å²) in [6, 6.07) is 7.83. The molecule has 0 aliphatic rings. The zero-order valence-corrected chi connectivity index (χ0v) is 18.5. The van der Waals surface area contributed by atoms with Crippen LogP contribution in [-0.2, 0) is 20.1 Å². The summed E-state index contributed by atoms with van der Waals surface area (Å²) in [5.41, 5.74) is 3.53. The van der Waals surface area contributed by atoms with Gasteiger partial charge in [0.15, 0.2) is 5.96 Å². The van der Waals surface area contributed by atoms with E-state index >= 15 is 0 Å². The van der Waals surface area contributed by atoms with Crippen LogP contribution in [0.15, 0.2) is 35.5 Å². The molecular weight excluding hydrogens is 449 g/mol. The smallest absolute Gasteiger partial charge is 0.193 e. The third kappa shape index (κ3) is 6.18. The van der Waals surface area contributed by atoms with Gasteiger partial charge in [-0.2, -0.15) is 5.10 Å². The lowest BCUT2D eigenvalue weighted by molar-refractivity contribution is 0.473. The number of aryl methyl sites for hydroxylation is 1. The number of rotatable bonds is 5. The highest BCUT2D eigenvalue weighted by Gasteiger charge is 2.15. The second-order valence-electron chi connectivity index (χ2n) is 6.25. The van der Waals surface area contributed by atoms with Gasteiger partial charge in [-0.05, 0) is 23.6 Å². The van der Waals surface area contributed by atoms with Gasteiger partial charge in [-0.3, -0.25) is 9.67 Å². The number of halogens is 2. The topological polar surface area (TPSA) is 45.5 Å². The third-order valence-corrected chi connectivity index (χ3v) is 4.08. The molecule has 0 unspecified atom stereocenters. The highest BCUT2D eigenvalue weighted by Crippen LogP contribution is 2.18. The number of aromatic nitrogens is 2. The van der Waals surface area contributed by atoms with Gasteiger partial charge in [0.1, 0.15) is 0 Å². The molecule has 2 aromatic rings. The lowest BCUT2D eigenvalue weighted by Gasteiger charge is -2.22. The number of hydrogen-bond donors (Lipinski definition) is 1. The van der Waals surface area contributed by atoms with Crippen LogP contribution in [0.1, 0.15) is 36.6 Å². The van der Waals surface area contributed by atoms with Crippen LogP contribution in [0.5, 0.6) is 0 Å². The zero-order valence-electron chi connectivity index (χ0n) is 15.5. The molecule has 0 radical (unpaired) electrons. The average molecular weight is 476 g/mol. The minimum atomic E-state index is 0. The summed E-state index contributed by atoms with van der Waals surface area (Å²) >= 11 is 5.92. The highest BCUT2D eigenvalue weighted by molar-refractivity contribution is 14.0. The highest BCUT2D eigenvalue weighted by atomic mass is 127. The molecule has 25 heavy (non-hydrogen) atoms. The minimum Gasteiger partial charge on any atom is -0.352 e. The molecule has 0 saturated heterocycles. The van der Waals surface area contributed by atoms with Crippen molar-refractivity contribution in [3.63, 3.8) is 0 Å². The molecule has 0 atom stereocenters. The fraction of sp³-hybridized carbons (Fsp3) is 0.444. The Hall–Kier alpha value is -1.28. The molecule has 0 spiro atoms. The molecule has 0 saturated carbocycles.